The van der Waals surface area contributed by atoms with Gasteiger partial charge >= 0.3 is 0 Å². The van der Waals surface area contributed by atoms with E-state index >= 15 is 0 Å². The summed E-state index contributed by atoms with van der Waals surface area (Å²) in [5.74, 6) is -0.0392. The summed E-state index contributed by atoms with van der Waals surface area (Å²) in [7, 11) is 0. The lowest BCUT2D eigenvalue weighted by Gasteiger charge is -2.39. The Labute approximate surface area is 171 Å². The first-order chi connectivity index (χ1) is 14.1. The van der Waals surface area contributed by atoms with E-state index in [9.17, 15) is 9.59 Å². The van der Waals surface area contributed by atoms with Crippen molar-refractivity contribution in [1.82, 2.24) is 9.80 Å². The second kappa shape index (κ2) is 8.13. The first-order valence-corrected chi connectivity index (χ1v) is 11.2. The Morgan fingerprint density at radius 2 is 0.931 bits per heavy atom. The van der Waals surface area contributed by atoms with Gasteiger partial charge in [0.25, 0.3) is 0 Å². The molecule has 5 aliphatic rings. The van der Waals surface area contributed by atoms with Crippen LogP contribution in [-0.4, -0.2) is 98.6 Å². The van der Waals surface area contributed by atoms with Crippen LogP contribution in [-0.2, 0) is 28.5 Å². The molecule has 5 rings (SSSR count). The quantitative estimate of drug-likeness (QED) is 0.298. The SMILES string of the molecule is O=C(N(CC1CO1)CC1CO1)C1(C(=O)N(CC2CO2)CC2CO2)CCCCCC1. The van der Waals surface area contributed by atoms with E-state index in [2.05, 4.69) is 0 Å². The lowest BCUT2D eigenvalue weighted by Crippen LogP contribution is -2.56. The van der Waals surface area contributed by atoms with E-state index in [0.29, 0.717) is 65.4 Å². The van der Waals surface area contributed by atoms with Crippen molar-refractivity contribution >= 4 is 11.8 Å². The number of hydrogen-bond donors (Lipinski definition) is 0. The number of hydrogen-bond acceptors (Lipinski definition) is 6. The standard InChI is InChI=1S/C21H32N2O6/c24-19(22(7-15-11-26-15)8-16-12-27-16)21(5-3-1-2-4-6-21)20(25)23(9-17-13-28-17)10-18-14-29-18/h15-18H,1-14H2. The normalized spacial score (nSPS) is 34.1. The van der Waals surface area contributed by atoms with Gasteiger partial charge in [-0.15, -0.1) is 0 Å². The summed E-state index contributed by atoms with van der Waals surface area (Å²) in [5, 5.41) is 0. The van der Waals surface area contributed by atoms with Crippen molar-refractivity contribution in [3.05, 3.63) is 0 Å². The second-order valence-electron chi connectivity index (χ2n) is 9.24. The molecule has 29 heavy (non-hydrogen) atoms. The van der Waals surface area contributed by atoms with Crippen LogP contribution in [0.3, 0.4) is 0 Å². The Hall–Kier alpha value is -1.22. The van der Waals surface area contributed by atoms with E-state index < -0.39 is 5.41 Å². The number of epoxide rings is 4. The highest BCUT2D eigenvalue weighted by molar-refractivity contribution is 6.05. The van der Waals surface area contributed by atoms with E-state index in [-0.39, 0.29) is 36.2 Å². The highest BCUT2D eigenvalue weighted by atomic mass is 16.6. The summed E-state index contributed by atoms with van der Waals surface area (Å²) in [4.78, 5) is 31.6. The third-order valence-electron chi connectivity index (χ3n) is 6.66. The minimum atomic E-state index is -0.968. The minimum absolute atomic E-state index is 0.0196. The summed E-state index contributed by atoms with van der Waals surface area (Å²) < 4.78 is 21.6. The molecule has 1 saturated carbocycles. The topological polar surface area (TPSA) is 90.7 Å². The number of nitrogens with zero attached hydrogens (tertiary/aromatic N) is 2. The molecule has 0 aromatic carbocycles. The van der Waals surface area contributed by atoms with Gasteiger partial charge in [0, 0.05) is 26.2 Å². The van der Waals surface area contributed by atoms with Crippen molar-refractivity contribution in [2.45, 2.75) is 62.9 Å². The summed E-state index contributed by atoms with van der Waals surface area (Å²) >= 11 is 0. The van der Waals surface area contributed by atoms with Gasteiger partial charge < -0.3 is 28.7 Å². The van der Waals surface area contributed by atoms with Crippen molar-refractivity contribution in [3.63, 3.8) is 0 Å². The fraction of sp³-hybridized carbons (Fsp3) is 0.905. The predicted octanol–water partition coefficient (Wildman–Crippen LogP) is 0.579. The number of amides is 2. The molecule has 0 aromatic rings. The Balaban J connectivity index is 1.39. The predicted molar refractivity (Wildman–Crippen MR) is 102 cm³/mol. The maximum Gasteiger partial charge on any atom is 0.238 e. The van der Waals surface area contributed by atoms with Gasteiger partial charge in [-0.3, -0.25) is 9.59 Å². The molecule has 1 aliphatic carbocycles. The highest BCUT2D eigenvalue weighted by Crippen LogP contribution is 2.40. The molecule has 4 saturated heterocycles. The minimum Gasteiger partial charge on any atom is -0.371 e. The van der Waals surface area contributed by atoms with Gasteiger partial charge in [-0.25, -0.2) is 0 Å². The van der Waals surface area contributed by atoms with Gasteiger partial charge in [-0.2, -0.15) is 0 Å². The Morgan fingerprint density at radius 3 is 1.21 bits per heavy atom. The van der Waals surface area contributed by atoms with Gasteiger partial charge in [0.2, 0.25) is 11.8 Å². The Kier molecular flexibility index (Phi) is 5.53. The van der Waals surface area contributed by atoms with Crippen LogP contribution in [0.5, 0.6) is 0 Å². The van der Waals surface area contributed by atoms with Crippen LogP contribution in [0, 0.1) is 5.41 Å². The number of ether oxygens (including phenoxy) is 4. The number of carbonyl (C=O) groups excluding carboxylic acids is 2. The molecule has 0 spiro atoms. The molecule has 0 radical (unpaired) electrons. The lowest BCUT2D eigenvalue weighted by atomic mass is 9.77. The van der Waals surface area contributed by atoms with Crippen molar-refractivity contribution in [3.8, 4) is 0 Å². The van der Waals surface area contributed by atoms with Crippen LogP contribution in [0.2, 0.25) is 0 Å². The maximum absolute atomic E-state index is 14.0. The average molecular weight is 408 g/mol. The summed E-state index contributed by atoms with van der Waals surface area (Å²) in [6.07, 6.45) is 5.67. The van der Waals surface area contributed by atoms with Gasteiger partial charge in [0.15, 0.2) is 0 Å². The van der Waals surface area contributed by atoms with Crippen LogP contribution in [0.15, 0.2) is 0 Å². The zero-order chi connectivity index (χ0) is 19.8. The van der Waals surface area contributed by atoms with Crippen LogP contribution < -0.4 is 0 Å². The van der Waals surface area contributed by atoms with Crippen LogP contribution >= 0.6 is 0 Å². The summed E-state index contributed by atoms with van der Waals surface area (Å²) in [6.45, 7) is 5.02. The third kappa shape index (κ3) is 4.93. The smallest absolute Gasteiger partial charge is 0.238 e. The molecule has 162 valence electrons. The molecule has 0 aromatic heterocycles. The largest absolute Gasteiger partial charge is 0.371 e. The monoisotopic (exact) mass is 408 g/mol. The molecular weight excluding hydrogens is 376 g/mol. The van der Waals surface area contributed by atoms with Gasteiger partial charge in [-0.05, 0) is 12.8 Å². The van der Waals surface area contributed by atoms with Crippen LogP contribution in [0.4, 0.5) is 0 Å². The molecule has 4 atom stereocenters. The Morgan fingerprint density at radius 1 is 0.621 bits per heavy atom. The van der Waals surface area contributed by atoms with Gasteiger partial charge in [-0.1, -0.05) is 25.7 Å². The van der Waals surface area contributed by atoms with Crippen molar-refractivity contribution in [2.75, 3.05) is 52.6 Å². The van der Waals surface area contributed by atoms with Crippen LogP contribution in [0.25, 0.3) is 0 Å². The van der Waals surface area contributed by atoms with Gasteiger partial charge in [0.05, 0.1) is 50.8 Å². The molecule has 8 heteroatoms. The summed E-state index contributed by atoms with van der Waals surface area (Å²) in [6, 6.07) is 0. The van der Waals surface area contributed by atoms with E-state index in [4.69, 9.17) is 18.9 Å². The maximum atomic E-state index is 14.0. The first kappa shape index (κ1) is 19.7. The third-order valence-corrected chi connectivity index (χ3v) is 6.66. The molecule has 5 fully saturated rings. The molecule has 0 bridgehead atoms. The van der Waals surface area contributed by atoms with E-state index in [1.54, 1.807) is 0 Å². The van der Waals surface area contributed by atoms with Crippen molar-refractivity contribution in [2.24, 2.45) is 5.41 Å². The molecule has 4 aliphatic heterocycles. The van der Waals surface area contributed by atoms with E-state index in [1.165, 1.54) is 0 Å². The fourth-order valence-electron chi connectivity index (χ4n) is 4.61. The van der Waals surface area contributed by atoms with Crippen LogP contribution in [0.1, 0.15) is 38.5 Å². The number of rotatable bonds is 10. The second-order valence-corrected chi connectivity index (χ2v) is 9.24. The molecule has 4 unspecified atom stereocenters. The van der Waals surface area contributed by atoms with E-state index in [0.717, 1.165) is 25.7 Å². The Bertz CT molecular complexity index is 545. The highest BCUT2D eigenvalue weighted by Gasteiger charge is 2.52. The number of carbonyl (C=O) groups is 2. The molecule has 2 amide bonds. The lowest BCUT2D eigenvalue weighted by molar-refractivity contribution is -0.158. The van der Waals surface area contributed by atoms with Gasteiger partial charge in [0.1, 0.15) is 5.41 Å². The zero-order valence-corrected chi connectivity index (χ0v) is 17.1. The molecule has 8 nitrogen and oxygen atoms in total. The van der Waals surface area contributed by atoms with Crippen molar-refractivity contribution < 1.29 is 28.5 Å². The van der Waals surface area contributed by atoms with Crippen molar-refractivity contribution in [1.29, 1.82) is 0 Å². The summed E-state index contributed by atoms with van der Waals surface area (Å²) in [5.41, 5.74) is -0.968. The van der Waals surface area contributed by atoms with E-state index in [1.807, 2.05) is 9.80 Å². The average Bonchev–Trinajstić information content (AvgIpc) is 3.57. The zero-order valence-electron chi connectivity index (χ0n) is 17.1. The molecular formula is C21H32N2O6. The fourth-order valence-corrected chi connectivity index (χ4v) is 4.61. The first-order valence-electron chi connectivity index (χ1n) is 11.2. The molecule has 0 N–H and O–H groups in total. The molecule has 4 heterocycles.